The number of carbonyl (C=O) groups excluding carboxylic acids is 1. The molecule has 0 fully saturated rings. The summed E-state index contributed by atoms with van der Waals surface area (Å²) in [5.41, 5.74) is 3.15. The number of carbonyl (C=O) groups is 1. The minimum atomic E-state index is -0.245. The van der Waals surface area contributed by atoms with Gasteiger partial charge < -0.3 is 15.2 Å². The molecular formula is C20H18BClN2O2. The lowest BCUT2D eigenvalue weighted by molar-refractivity contribution is -0.140. The van der Waals surface area contributed by atoms with Crippen LogP contribution in [0.3, 0.4) is 0 Å². The Morgan fingerprint density at radius 1 is 1.04 bits per heavy atom. The average molecular weight is 365 g/mol. The number of anilines is 2. The van der Waals surface area contributed by atoms with E-state index in [1.54, 1.807) is 0 Å². The molecule has 4 rings (SSSR count). The smallest absolute Gasteiger partial charge is 0.378 e. The molecule has 6 heteroatoms. The maximum absolute atomic E-state index is 12.0. The molecule has 1 atom stereocenters. The van der Waals surface area contributed by atoms with E-state index >= 15 is 0 Å². The molecule has 26 heavy (non-hydrogen) atoms. The standard InChI is InChI=1S/C20H18BClN2O2/c1-26-19(25)12-16(13-8-10-15(22)11-9-13)21-23-17-6-2-4-14-5-3-7-18(24-21)20(14)17/h2-11,16,23-24H,12H2,1H3/t16-/m1/s1. The highest BCUT2D eigenvalue weighted by Crippen LogP contribution is 2.37. The number of nitrogens with one attached hydrogen (secondary N) is 2. The van der Waals surface area contributed by atoms with E-state index in [0.717, 1.165) is 16.9 Å². The van der Waals surface area contributed by atoms with Gasteiger partial charge in [-0.3, -0.25) is 4.79 Å². The summed E-state index contributed by atoms with van der Waals surface area (Å²) < 4.78 is 4.92. The predicted molar refractivity (Wildman–Crippen MR) is 108 cm³/mol. The first-order chi connectivity index (χ1) is 12.7. The van der Waals surface area contributed by atoms with E-state index in [1.807, 2.05) is 36.4 Å². The van der Waals surface area contributed by atoms with Crippen molar-refractivity contribution in [3.05, 3.63) is 71.2 Å². The molecule has 1 heterocycles. The Bertz CT molecular complexity index is 921. The summed E-state index contributed by atoms with van der Waals surface area (Å²) >= 11 is 6.03. The third-order valence-electron chi connectivity index (χ3n) is 4.84. The van der Waals surface area contributed by atoms with Crippen LogP contribution in [-0.2, 0) is 9.53 Å². The molecule has 1 aliphatic rings. The lowest BCUT2D eigenvalue weighted by atomic mass is 9.56. The molecule has 2 N–H and O–H groups in total. The molecule has 3 aromatic carbocycles. The zero-order valence-corrected chi connectivity index (χ0v) is 15.1. The van der Waals surface area contributed by atoms with E-state index in [0.29, 0.717) is 5.02 Å². The lowest BCUT2D eigenvalue weighted by Gasteiger charge is -2.31. The normalized spacial score (nSPS) is 13.7. The molecule has 130 valence electrons. The SMILES string of the molecule is COC(=O)C[C@@H](B1Nc2cccc3cccc(c23)N1)c1ccc(Cl)cc1. The van der Waals surface area contributed by atoms with Gasteiger partial charge in [-0.2, -0.15) is 0 Å². The summed E-state index contributed by atoms with van der Waals surface area (Å²) in [5, 5.41) is 10.1. The maximum Gasteiger partial charge on any atom is 0.378 e. The molecule has 4 nitrogen and oxygen atoms in total. The second-order valence-corrected chi connectivity index (χ2v) is 6.85. The molecule has 0 spiro atoms. The molecule has 0 saturated heterocycles. The van der Waals surface area contributed by atoms with Gasteiger partial charge in [-0.05, 0) is 35.2 Å². The molecular weight excluding hydrogens is 346 g/mol. The van der Waals surface area contributed by atoms with Crippen LogP contribution in [0, 0.1) is 0 Å². The number of hydrogen-bond acceptors (Lipinski definition) is 4. The number of rotatable bonds is 4. The topological polar surface area (TPSA) is 50.4 Å². The van der Waals surface area contributed by atoms with Gasteiger partial charge in [0.1, 0.15) is 0 Å². The molecule has 0 saturated carbocycles. The Hall–Kier alpha value is -2.66. The summed E-state index contributed by atoms with van der Waals surface area (Å²) in [7, 11) is 1.42. The van der Waals surface area contributed by atoms with E-state index in [-0.39, 0.29) is 25.2 Å². The third kappa shape index (κ3) is 3.10. The van der Waals surface area contributed by atoms with Crippen molar-refractivity contribution < 1.29 is 9.53 Å². The van der Waals surface area contributed by atoms with Crippen molar-refractivity contribution in [2.24, 2.45) is 0 Å². The zero-order chi connectivity index (χ0) is 18.1. The van der Waals surface area contributed by atoms with Crippen molar-refractivity contribution in [3.8, 4) is 0 Å². The number of halogens is 1. The van der Waals surface area contributed by atoms with Gasteiger partial charge in [0.15, 0.2) is 0 Å². The second kappa shape index (κ2) is 6.92. The van der Waals surface area contributed by atoms with Crippen LogP contribution in [0.4, 0.5) is 11.4 Å². The van der Waals surface area contributed by atoms with Crippen LogP contribution in [0.1, 0.15) is 17.8 Å². The van der Waals surface area contributed by atoms with Crippen LogP contribution >= 0.6 is 11.6 Å². The fourth-order valence-electron chi connectivity index (χ4n) is 3.55. The molecule has 0 bridgehead atoms. The van der Waals surface area contributed by atoms with Gasteiger partial charge in [-0.25, -0.2) is 0 Å². The highest BCUT2D eigenvalue weighted by Gasteiger charge is 2.34. The Morgan fingerprint density at radius 2 is 1.65 bits per heavy atom. The van der Waals surface area contributed by atoms with Crippen molar-refractivity contribution in [1.82, 2.24) is 0 Å². The highest BCUT2D eigenvalue weighted by atomic mass is 35.5. The second-order valence-electron chi connectivity index (χ2n) is 6.41. The van der Waals surface area contributed by atoms with Crippen LogP contribution in [0.15, 0.2) is 60.7 Å². The molecule has 0 aliphatic carbocycles. The number of benzene rings is 3. The molecule has 0 amide bonds. The van der Waals surface area contributed by atoms with Crippen LogP contribution < -0.4 is 10.5 Å². The van der Waals surface area contributed by atoms with Crippen molar-refractivity contribution in [2.45, 2.75) is 12.2 Å². The van der Waals surface area contributed by atoms with Crippen molar-refractivity contribution in [3.63, 3.8) is 0 Å². The zero-order valence-electron chi connectivity index (χ0n) is 14.3. The first-order valence-corrected chi connectivity index (χ1v) is 8.90. The largest absolute Gasteiger partial charge is 0.469 e. The summed E-state index contributed by atoms with van der Waals surface area (Å²) in [6.07, 6.45) is 0.265. The minimum Gasteiger partial charge on any atom is -0.469 e. The first kappa shape index (κ1) is 16.8. The van der Waals surface area contributed by atoms with E-state index in [2.05, 4.69) is 34.7 Å². The van der Waals surface area contributed by atoms with E-state index < -0.39 is 0 Å². The number of hydrogen-bond donors (Lipinski definition) is 2. The number of ether oxygens (including phenoxy) is 1. The van der Waals surface area contributed by atoms with Crippen molar-refractivity contribution in [1.29, 1.82) is 0 Å². The molecule has 3 aromatic rings. The van der Waals surface area contributed by atoms with Gasteiger partial charge in [0.2, 0.25) is 0 Å². The highest BCUT2D eigenvalue weighted by molar-refractivity contribution is 6.69. The maximum atomic E-state index is 12.0. The molecule has 1 aliphatic heterocycles. The van der Waals surface area contributed by atoms with Crippen molar-refractivity contribution in [2.75, 3.05) is 17.6 Å². The van der Waals surface area contributed by atoms with E-state index in [4.69, 9.17) is 16.3 Å². The van der Waals surface area contributed by atoms with Crippen LogP contribution in [0.5, 0.6) is 0 Å². The quantitative estimate of drug-likeness (QED) is 0.520. The van der Waals surface area contributed by atoms with Crippen LogP contribution in [-0.4, -0.2) is 20.1 Å². The molecule has 0 unspecified atom stereocenters. The minimum absolute atomic E-state index is 0.108. The summed E-state index contributed by atoms with van der Waals surface area (Å²) in [4.78, 5) is 12.0. The number of methoxy groups -OCH3 is 1. The molecule has 0 aromatic heterocycles. The summed E-state index contributed by atoms with van der Waals surface area (Å²) in [6.45, 7) is -0.143. The fraction of sp³-hybridized carbons (Fsp3) is 0.150. The lowest BCUT2D eigenvalue weighted by Crippen LogP contribution is -2.44. The van der Waals surface area contributed by atoms with Gasteiger partial charge >= 0.3 is 13.0 Å². The number of esters is 1. The van der Waals surface area contributed by atoms with Crippen molar-refractivity contribution >= 4 is 46.7 Å². The fourth-order valence-corrected chi connectivity index (χ4v) is 3.68. The van der Waals surface area contributed by atoms with Gasteiger partial charge in [-0.15, -0.1) is 0 Å². The van der Waals surface area contributed by atoms with Crippen LogP contribution in [0.2, 0.25) is 5.02 Å². The average Bonchev–Trinajstić information content (AvgIpc) is 2.67. The Labute approximate surface area is 157 Å². The van der Waals surface area contributed by atoms with Gasteiger partial charge in [0, 0.05) is 34.0 Å². The monoisotopic (exact) mass is 364 g/mol. The third-order valence-corrected chi connectivity index (χ3v) is 5.09. The summed E-state index contributed by atoms with van der Waals surface area (Å²) in [5.74, 6) is -0.353. The predicted octanol–water partition coefficient (Wildman–Crippen LogP) is 4.70. The molecule has 0 radical (unpaired) electrons. The van der Waals surface area contributed by atoms with Gasteiger partial charge in [-0.1, -0.05) is 48.0 Å². The Morgan fingerprint density at radius 3 is 2.23 bits per heavy atom. The van der Waals surface area contributed by atoms with Crippen LogP contribution in [0.25, 0.3) is 10.8 Å². The van der Waals surface area contributed by atoms with Gasteiger partial charge in [0.05, 0.1) is 7.11 Å². The van der Waals surface area contributed by atoms with Gasteiger partial charge in [0.25, 0.3) is 0 Å². The summed E-state index contributed by atoms with van der Waals surface area (Å²) in [6, 6.07) is 20.0. The van der Waals surface area contributed by atoms with E-state index in [1.165, 1.54) is 17.9 Å². The first-order valence-electron chi connectivity index (χ1n) is 8.53. The Balaban J connectivity index is 1.72. The Kier molecular flexibility index (Phi) is 4.47. The van der Waals surface area contributed by atoms with E-state index in [9.17, 15) is 4.79 Å².